The second-order valence-corrected chi connectivity index (χ2v) is 13.6. The lowest BCUT2D eigenvalue weighted by molar-refractivity contribution is 0.0392. The van der Waals surface area contributed by atoms with Crippen LogP contribution in [-0.4, -0.2) is 70.4 Å². The lowest BCUT2D eigenvalue weighted by atomic mass is 9.74. The molecular weight excluding hydrogens is 599 g/mol. The fourth-order valence-corrected chi connectivity index (χ4v) is 7.37. The lowest BCUT2D eigenvalue weighted by Crippen LogP contribution is -2.73. The highest BCUT2D eigenvalue weighted by Gasteiger charge is 2.54. The summed E-state index contributed by atoms with van der Waals surface area (Å²) in [5, 5.41) is 19.6. The quantitative estimate of drug-likeness (QED) is 0.304. The largest absolute Gasteiger partial charge is 0.484 e. The van der Waals surface area contributed by atoms with E-state index in [1.54, 1.807) is 18.3 Å². The summed E-state index contributed by atoms with van der Waals surface area (Å²) >= 11 is 19.2. The zero-order chi connectivity index (χ0) is 28.4. The number of aromatic amines is 1. The number of fused-ring (bicyclic) bond motifs is 1. The monoisotopic (exact) mass is 622 g/mol. The van der Waals surface area contributed by atoms with Gasteiger partial charge in [-0.15, -0.1) is 0 Å². The minimum absolute atomic E-state index is 0.0495. The number of nitrogens with one attached hydrogen (secondary N) is 1. The number of sulfonamides is 1. The molecule has 0 unspecified atom stereocenters. The van der Waals surface area contributed by atoms with E-state index in [2.05, 4.69) is 25.1 Å². The van der Waals surface area contributed by atoms with Crippen molar-refractivity contribution in [2.45, 2.75) is 19.6 Å². The minimum Gasteiger partial charge on any atom is -0.484 e. The van der Waals surface area contributed by atoms with Crippen molar-refractivity contribution in [3.05, 3.63) is 63.0 Å². The Labute approximate surface area is 245 Å². The van der Waals surface area contributed by atoms with E-state index in [9.17, 15) is 13.5 Å². The highest BCUT2D eigenvalue weighted by atomic mass is 35.5. The van der Waals surface area contributed by atoms with Crippen LogP contribution in [-0.2, 0) is 16.6 Å². The molecule has 0 aliphatic carbocycles. The van der Waals surface area contributed by atoms with E-state index in [4.69, 9.17) is 39.5 Å². The number of hydrogen-bond acceptors (Lipinski definition) is 8. The third kappa shape index (κ3) is 4.78. The van der Waals surface area contributed by atoms with Crippen molar-refractivity contribution in [2.75, 3.05) is 37.3 Å². The average molecular weight is 624 g/mol. The zero-order valence-electron chi connectivity index (χ0n) is 21.5. The van der Waals surface area contributed by atoms with Crippen molar-refractivity contribution in [3.8, 4) is 17.0 Å². The second-order valence-electron chi connectivity index (χ2n) is 10.4. The van der Waals surface area contributed by atoms with Gasteiger partial charge in [0.25, 0.3) is 0 Å². The van der Waals surface area contributed by atoms with Gasteiger partial charge in [-0.2, -0.15) is 5.10 Å². The Hall–Kier alpha value is -2.67. The first kappa shape index (κ1) is 27.5. The van der Waals surface area contributed by atoms with Gasteiger partial charge in [-0.3, -0.25) is 10.1 Å². The van der Waals surface area contributed by atoms with E-state index in [1.807, 2.05) is 13.0 Å². The van der Waals surface area contributed by atoms with Gasteiger partial charge in [0.05, 0.1) is 33.4 Å². The normalized spacial score (nSPS) is 17.6. The van der Waals surface area contributed by atoms with Crippen LogP contribution in [0, 0.1) is 5.41 Å². The molecule has 2 N–H and O–H groups in total. The number of benzene rings is 1. The Morgan fingerprint density at radius 3 is 2.42 bits per heavy atom. The number of rotatable bonds is 7. The number of ether oxygens (including phenoxy) is 1. The van der Waals surface area contributed by atoms with E-state index in [-0.39, 0.29) is 12.0 Å². The standard InChI is InChI=1S/C26H25Cl3N6O4S/c1-14(23-19(28)7-30-8-20(23)29)39-22-4-17-21(5-18(22)27)32-33-24(17)15-3-16(9-36)25(31-6-15)34-10-26(11-34)12-35(13-26)40(2,37)38/h3-8,14,36H,9-13H2,1-2H3,(H,32,33)/t14-/m1/s1. The summed E-state index contributed by atoms with van der Waals surface area (Å²) in [6, 6.07) is 5.39. The van der Waals surface area contributed by atoms with Gasteiger partial charge in [0.2, 0.25) is 10.0 Å². The minimum atomic E-state index is -3.17. The van der Waals surface area contributed by atoms with Crippen LogP contribution in [0.3, 0.4) is 0 Å². The van der Waals surface area contributed by atoms with Gasteiger partial charge < -0.3 is 14.7 Å². The summed E-state index contributed by atoms with van der Waals surface area (Å²) in [6.45, 7) is 4.02. The van der Waals surface area contributed by atoms with Crippen molar-refractivity contribution in [3.63, 3.8) is 0 Å². The first-order chi connectivity index (χ1) is 19.0. The van der Waals surface area contributed by atoms with E-state index >= 15 is 0 Å². The maximum atomic E-state index is 11.8. The molecule has 1 atom stereocenters. The lowest BCUT2D eigenvalue weighted by Gasteiger charge is -2.59. The Balaban J connectivity index is 1.25. The smallest absolute Gasteiger partial charge is 0.211 e. The molecule has 2 aliphatic rings. The number of nitrogens with zero attached hydrogens (tertiary/aromatic N) is 5. The first-order valence-corrected chi connectivity index (χ1v) is 15.4. The number of halogens is 3. The summed E-state index contributed by atoms with van der Waals surface area (Å²) in [4.78, 5) is 10.7. The molecule has 210 valence electrons. The third-order valence-corrected chi connectivity index (χ3v) is 9.54. The van der Waals surface area contributed by atoms with E-state index in [0.29, 0.717) is 80.7 Å². The molecule has 14 heteroatoms. The van der Waals surface area contributed by atoms with E-state index < -0.39 is 16.1 Å². The highest BCUT2D eigenvalue weighted by Crippen LogP contribution is 2.44. The van der Waals surface area contributed by atoms with Gasteiger partial charge >= 0.3 is 0 Å². The van der Waals surface area contributed by atoms with Crippen LogP contribution in [0.25, 0.3) is 22.2 Å². The van der Waals surface area contributed by atoms with Crippen LogP contribution in [0.2, 0.25) is 15.1 Å². The molecule has 0 radical (unpaired) electrons. The van der Waals surface area contributed by atoms with Crippen LogP contribution in [0.15, 0.2) is 36.8 Å². The van der Waals surface area contributed by atoms with Gasteiger partial charge in [-0.1, -0.05) is 34.8 Å². The number of aliphatic hydroxyl groups is 1. The van der Waals surface area contributed by atoms with Crippen molar-refractivity contribution in [1.82, 2.24) is 24.5 Å². The van der Waals surface area contributed by atoms with E-state index in [0.717, 1.165) is 5.39 Å². The molecule has 6 rings (SSSR count). The zero-order valence-corrected chi connectivity index (χ0v) is 24.6. The number of anilines is 1. The molecule has 10 nitrogen and oxygen atoms in total. The number of pyridine rings is 2. The molecule has 1 spiro atoms. The van der Waals surface area contributed by atoms with Crippen LogP contribution in [0.4, 0.5) is 5.82 Å². The molecule has 2 saturated heterocycles. The van der Waals surface area contributed by atoms with Gasteiger partial charge in [0, 0.05) is 72.3 Å². The van der Waals surface area contributed by atoms with Gasteiger partial charge in [-0.25, -0.2) is 17.7 Å². The van der Waals surface area contributed by atoms with Gasteiger partial charge in [0.15, 0.2) is 0 Å². The average Bonchev–Trinajstić information content (AvgIpc) is 3.24. The van der Waals surface area contributed by atoms with Crippen molar-refractivity contribution in [1.29, 1.82) is 0 Å². The van der Waals surface area contributed by atoms with Crippen molar-refractivity contribution >= 4 is 61.5 Å². The van der Waals surface area contributed by atoms with Crippen LogP contribution < -0.4 is 9.64 Å². The Morgan fingerprint density at radius 1 is 1.07 bits per heavy atom. The molecule has 40 heavy (non-hydrogen) atoms. The Morgan fingerprint density at radius 2 is 1.77 bits per heavy atom. The predicted molar refractivity (Wildman–Crippen MR) is 155 cm³/mol. The number of aromatic nitrogens is 4. The predicted octanol–water partition coefficient (Wildman–Crippen LogP) is 4.69. The molecule has 4 aromatic rings. The molecule has 1 aromatic carbocycles. The molecular formula is C26H25Cl3N6O4S. The van der Waals surface area contributed by atoms with Gasteiger partial charge in [0.1, 0.15) is 23.4 Å². The SMILES string of the molecule is C[C@@H](Oc1cc2c(-c3cnc(N4CC5(C4)CN(S(C)(=O)=O)C5)c(CO)c3)n[nH]c2cc1Cl)c1c(Cl)cncc1Cl. The molecule has 3 aromatic heterocycles. The summed E-state index contributed by atoms with van der Waals surface area (Å²) in [5.41, 5.74) is 3.26. The molecule has 2 aliphatic heterocycles. The molecule has 0 bridgehead atoms. The number of aliphatic hydroxyl groups excluding tert-OH is 1. The number of hydrogen-bond donors (Lipinski definition) is 2. The fraction of sp³-hybridized carbons (Fsp3) is 0.346. The third-order valence-electron chi connectivity index (χ3n) is 7.45. The summed E-state index contributed by atoms with van der Waals surface area (Å²) in [6.07, 6.45) is 5.46. The molecule has 5 heterocycles. The Bertz CT molecular complexity index is 1710. The topological polar surface area (TPSA) is 125 Å². The van der Waals surface area contributed by atoms with Crippen LogP contribution in [0.1, 0.15) is 24.2 Å². The maximum Gasteiger partial charge on any atom is 0.211 e. The van der Waals surface area contributed by atoms with Crippen LogP contribution >= 0.6 is 34.8 Å². The van der Waals surface area contributed by atoms with Crippen molar-refractivity contribution in [2.24, 2.45) is 5.41 Å². The molecule has 0 amide bonds. The van der Waals surface area contributed by atoms with E-state index in [1.165, 1.54) is 23.0 Å². The highest BCUT2D eigenvalue weighted by molar-refractivity contribution is 7.88. The Kier molecular flexibility index (Phi) is 6.88. The number of H-pyrrole nitrogens is 1. The fourth-order valence-electron chi connectivity index (χ4n) is 5.47. The summed E-state index contributed by atoms with van der Waals surface area (Å²) < 4.78 is 31.2. The first-order valence-electron chi connectivity index (χ1n) is 12.4. The van der Waals surface area contributed by atoms with Gasteiger partial charge in [-0.05, 0) is 25.1 Å². The summed E-state index contributed by atoms with van der Waals surface area (Å²) in [7, 11) is -3.17. The maximum absolute atomic E-state index is 11.8. The second kappa shape index (κ2) is 10.0. The molecule has 0 saturated carbocycles. The van der Waals surface area contributed by atoms with Crippen LogP contribution in [0.5, 0.6) is 5.75 Å². The van der Waals surface area contributed by atoms with Crippen molar-refractivity contribution < 1.29 is 18.3 Å². The molecule has 2 fully saturated rings. The summed E-state index contributed by atoms with van der Waals surface area (Å²) in [5.74, 6) is 1.11.